The highest BCUT2D eigenvalue weighted by molar-refractivity contribution is 6.30. The number of benzene rings is 1. The minimum Gasteiger partial charge on any atom is -0.465 e. The molecule has 3 rings (SSSR count). The van der Waals surface area contributed by atoms with Gasteiger partial charge in [0.25, 0.3) is 0 Å². The third-order valence-electron chi connectivity index (χ3n) is 4.73. The monoisotopic (exact) mass is 481 g/mol. The van der Waals surface area contributed by atoms with Crippen LogP contribution in [0.25, 0.3) is 5.69 Å². The Morgan fingerprint density at radius 3 is 2.52 bits per heavy atom. The van der Waals surface area contributed by atoms with Crippen molar-refractivity contribution in [3.8, 4) is 5.69 Å². The first-order valence-electron chi connectivity index (χ1n) is 9.66. The van der Waals surface area contributed by atoms with Gasteiger partial charge >= 0.3 is 12.3 Å². The number of carbonyl (C=O) groups excluding carboxylic acids is 1. The molecule has 0 spiro atoms. The average molecular weight is 482 g/mol. The van der Waals surface area contributed by atoms with Crippen LogP contribution in [0.1, 0.15) is 35.5 Å². The average Bonchev–Trinajstić information content (AvgIpc) is 3.21. The van der Waals surface area contributed by atoms with E-state index in [1.165, 1.54) is 12.3 Å². The normalized spacial score (nSPS) is 12.3. The Morgan fingerprint density at radius 2 is 1.91 bits per heavy atom. The molecule has 0 aliphatic carbocycles. The third-order valence-corrected chi connectivity index (χ3v) is 4.97. The van der Waals surface area contributed by atoms with Crippen LogP contribution in [-0.4, -0.2) is 31.9 Å². The van der Waals surface area contributed by atoms with Crippen molar-refractivity contribution in [2.75, 3.05) is 0 Å². The predicted molar refractivity (Wildman–Crippen MR) is 113 cm³/mol. The van der Waals surface area contributed by atoms with E-state index >= 15 is 0 Å². The fourth-order valence-electron chi connectivity index (χ4n) is 2.96. The molecule has 0 bridgehead atoms. The number of aromatic nitrogens is 3. The predicted octanol–water partition coefficient (Wildman–Crippen LogP) is 4.13. The summed E-state index contributed by atoms with van der Waals surface area (Å²) in [6, 6.07) is 10.3. The van der Waals surface area contributed by atoms with E-state index in [-0.39, 0.29) is 18.8 Å². The van der Waals surface area contributed by atoms with Crippen LogP contribution in [0.4, 0.5) is 18.0 Å². The van der Waals surface area contributed by atoms with Gasteiger partial charge in [0.05, 0.1) is 36.1 Å². The largest absolute Gasteiger partial charge is 0.465 e. The quantitative estimate of drug-likeness (QED) is 0.470. The van der Waals surface area contributed by atoms with Crippen LogP contribution < -0.4 is 10.6 Å². The minimum atomic E-state index is -4.65. The van der Waals surface area contributed by atoms with Crippen molar-refractivity contribution in [1.82, 2.24) is 25.4 Å². The molecule has 1 aromatic carbocycles. The summed E-state index contributed by atoms with van der Waals surface area (Å²) in [5, 5.41) is 17.4. The number of nitrogens with one attached hydrogen (secondary N) is 2. The molecular formula is C21H19ClF3N5O3. The second-order valence-corrected chi connectivity index (χ2v) is 7.53. The molecule has 0 aliphatic rings. The number of halogens is 4. The van der Waals surface area contributed by atoms with E-state index in [0.29, 0.717) is 22.0 Å². The number of amides is 2. The van der Waals surface area contributed by atoms with E-state index in [0.717, 1.165) is 10.7 Å². The molecule has 0 saturated carbocycles. The molecule has 3 aromatic rings. The fraction of sp³-hybridized carbons (Fsp3) is 0.238. The van der Waals surface area contributed by atoms with Gasteiger partial charge in [-0.3, -0.25) is 9.78 Å². The molecule has 0 aliphatic heterocycles. The molecule has 1 atom stereocenters. The van der Waals surface area contributed by atoms with E-state index in [2.05, 4.69) is 20.7 Å². The van der Waals surface area contributed by atoms with E-state index in [9.17, 15) is 22.8 Å². The van der Waals surface area contributed by atoms with Crippen LogP contribution in [0.15, 0.2) is 48.7 Å². The molecule has 2 amide bonds. The van der Waals surface area contributed by atoms with Gasteiger partial charge < -0.3 is 15.7 Å². The number of carbonyl (C=O) groups is 2. The zero-order valence-corrected chi connectivity index (χ0v) is 18.0. The highest BCUT2D eigenvalue weighted by Gasteiger charge is 2.35. The molecule has 1 unspecified atom stereocenters. The van der Waals surface area contributed by atoms with Crippen LogP contribution >= 0.6 is 11.6 Å². The van der Waals surface area contributed by atoms with Gasteiger partial charge in [-0.25, -0.2) is 9.48 Å². The summed E-state index contributed by atoms with van der Waals surface area (Å²) in [4.78, 5) is 27.3. The Morgan fingerprint density at radius 1 is 1.15 bits per heavy atom. The molecule has 2 heterocycles. The second-order valence-electron chi connectivity index (χ2n) is 7.09. The van der Waals surface area contributed by atoms with Crippen LogP contribution in [0.5, 0.6) is 0 Å². The smallest absolute Gasteiger partial charge is 0.435 e. The van der Waals surface area contributed by atoms with Gasteiger partial charge in [0, 0.05) is 11.2 Å². The van der Waals surface area contributed by atoms with E-state index in [4.69, 9.17) is 16.7 Å². The number of rotatable bonds is 7. The Labute approximate surface area is 191 Å². The van der Waals surface area contributed by atoms with E-state index in [1.54, 1.807) is 37.3 Å². The molecule has 0 radical (unpaired) electrons. The summed E-state index contributed by atoms with van der Waals surface area (Å²) in [6.07, 6.45) is -4.39. The lowest BCUT2D eigenvalue weighted by Crippen LogP contribution is -2.28. The molecule has 0 fully saturated rings. The lowest BCUT2D eigenvalue weighted by atomic mass is 10.0. The summed E-state index contributed by atoms with van der Waals surface area (Å²) in [5.74, 6) is -1.08. The maximum atomic E-state index is 13.2. The summed E-state index contributed by atoms with van der Waals surface area (Å²) in [7, 11) is 0. The van der Waals surface area contributed by atoms with Crippen molar-refractivity contribution >= 4 is 23.6 Å². The Balaban J connectivity index is 1.74. The number of hydrogen-bond acceptors (Lipinski definition) is 4. The minimum absolute atomic E-state index is 0.0191. The van der Waals surface area contributed by atoms with Gasteiger partial charge in [-0.15, -0.1) is 0 Å². The van der Waals surface area contributed by atoms with Gasteiger partial charge in [0.1, 0.15) is 0 Å². The van der Waals surface area contributed by atoms with Gasteiger partial charge in [-0.1, -0.05) is 23.7 Å². The molecule has 8 nitrogen and oxygen atoms in total. The SMILES string of the molecule is CC(C(=O)NCc1cc(C(F)(F)F)nn1-c1cccc(Cl)c1)c1ccc(CNC(=O)O)nc1. The van der Waals surface area contributed by atoms with Crippen LogP contribution in [-0.2, 0) is 24.1 Å². The standard InChI is InChI=1S/C21H19ClF3N5O3/c1-12(13-5-6-15(26-9-13)10-28-20(32)33)19(31)27-11-17-8-18(21(23,24)25)29-30(17)16-4-2-3-14(22)7-16/h2-9,12,28H,10-11H2,1H3,(H,27,31)(H,32,33). The van der Waals surface area contributed by atoms with Gasteiger partial charge in [0.15, 0.2) is 5.69 Å². The number of alkyl halides is 3. The van der Waals surface area contributed by atoms with Crippen LogP contribution in [0.2, 0.25) is 5.02 Å². The fourth-order valence-corrected chi connectivity index (χ4v) is 3.15. The van der Waals surface area contributed by atoms with Gasteiger partial charge in [-0.05, 0) is 42.8 Å². The molecule has 12 heteroatoms. The first-order chi connectivity index (χ1) is 15.5. The summed E-state index contributed by atoms with van der Waals surface area (Å²) in [6.45, 7) is 1.44. The molecule has 2 aromatic heterocycles. The van der Waals surface area contributed by atoms with Crippen molar-refractivity contribution in [1.29, 1.82) is 0 Å². The molecule has 33 heavy (non-hydrogen) atoms. The summed E-state index contributed by atoms with van der Waals surface area (Å²) >= 11 is 5.96. The molecule has 3 N–H and O–H groups in total. The summed E-state index contributed by atoms with van der Waals surface area (Å²) < 4.78 is 40.8. The van der Waals surface area contributed by atoms with Crippen molar-refractivity contribution in [2.24, 2.45) is 0 Å². The maximum Gasteiger partial charge on any atom is 0.435 e. The van der Waals surface area contributed by atoms with Crippen molar-refractivity contribution in [3.05, 3.63) is 76.3 Å². The van der Waals surface area contributed by atoms with E-state index < -0.39 is 29.8 Å². The van der Waals surface area contributed by atoms with Gasteiger partial charge in [-0.2, -0.15) is 18.3 Å². The van der Waals surface area contributed by atoms with Crippen molar-refractivity contribution in [2.45, 2.75) is 32.1 Å². The summed E-state index contributed by atoms with van der Waals surface area (Å²) in [5.41, 5.74) is 0.391. The number of carboxylic acid groups (broad SMARTS) is 1. The topological polar surface area (TPSA) is 109 Å². The lowest BCUT2D eigenvalue weighted by Gasteiger charge is -2.14. The second kappa shape index (κ2) is 9.90. The van der Waals surface area contributed by atoms with Gasteiger partial charge in [0.2, 0.25) is 5.91 Å². The molecule has 174 valence electrons. The zero-order valence-electron chi connectivity index (χ0n) is 17.2. The van der Waals surface area contributed by atoms with Crippen LogP contribution in [0, 0.1) is 0 Å². The van der Waals surface area contributed by atoms with E-state index in [1.807, 2.05) is 0 Å². The maximum absolute atomic E-state index is 13.2. The molecule has 0 saturated heterocycles. The third kappa shape index (κ3) is 6.22. The number of pyridine rings is 1. The first kappa shape index (κ1) is 24.1. The molecular weight excluding hydrogens is 463 g/mol. The highest BCUT2D eigenvalue weighted by atomic mass is 35.5. The van der Waals surface area contributed by atoms with Crippen LogP contribution in [0.3, 0.4) is 0 Å². The number of hydrogen-bond donors (Lipinski definition) is 3. The number of nitrogens with zero attached hydrogens (tertiary/aromatic N) is 3. The highest BCUT2D eigenvalue weighted by Crippen LogP contribution is 2.30. The van der Waals surface area contributed by atoms with Crippen molar-refractivity contribution < 1.29 is 27.9 Å². The zero-order chi connectivity index (χ0) is 24.2. The Kier molecular flexibility index (Phi) is 7.22. The first-order valence-corrected chi connectivity index (χ1v) is 10.0. The lowest BCUT2D eigenvalue weighted by molar-refractivity contribution is -0.141. The Bertz CT molecular complexity index is 1150. The Hall–Kier alpha value is -3.60. The van der Waals surface area contributed by atoms with Crippen molar-refractivity contribution in [3.63, 3.8) is 0 Å².